The minimum Gasteiger partial charge on any atom is -0.482 e. The molecular formula is C26H26ClN3O6S. The van der Waals surface area contributed by atoms with Crippen molar-refractivity contribution in [3.8, 4) is 5.75 Å². The fourth-order valence-corrected chi connectivity index (χ4v) is 4.88. The van der Waals surface area contributed by atoms with Gasteiger partial charge in [-0.2, -0.15) is 5.10 Å². The predicted molar refractivity (Wildman–Crippen MR) is 142 cm³/mol. The molecule has 0 saturated heterocycles. The van der Waals surface area contributed by atoms with Gasteiger partial charge in [-0.05, 0) is 61.4 Å². The highest BCUT2D eigenvalue weighted by Crippen LogP contribution is 2.30. The number of hydrogen-bond acceptors (Lipinski definition) is 7. The third-order valence-corrected chi connectivity index (χ3v) is 7.43. The number of rotatable bonds is 10. The molecular weight excluding hydrogens is 518 g/mol. The summed E-state index contributed by atoms with van der Waals surface area (Å²) in [7, 11) is -2.83. The van der Waals surface area contributed by atoms with Crippen molar-refractivity contribution in [1.82, 2.24) is 5.43 Å². The Hall–Kier alpha value is -3.89. The lowest BCUT2D eigenvalue weighted by Gasteiger charge is -2.25. The summed E-state index contributed by atoms with van der Waals surface area (Å²) < 4.78 is 37.9. The Morgan fingerprint density at radius 1 is 1.05 bits per heavy atom. The third kappa shape index (κ3) is 7.31. The number of carbonyl (C=O) groups excluding carboxylic acids is 2. The first-order chi connectivity index (χ1) is 17.6. The van der Waals surface area contributed by atoms with Crippen molar-refractivity contribution in [2.24, 2.45) is 5.10 Å². The minimum atomic E-state index is -4.10. The SMILES string of the molecule is COC(=O)COc1cccc(/C=N\NC(=O)CN(c2cccc(Cl)c2C)S(=O)(=O)c2ccc(C)cc2)c1. The van der Waals surface area contributed by atoms with Crippen molar-refractivity contribution in [1.29, 1.82) is 0 Å². The van der Waals surface area contributed by atoms with Crippen molar-refractivity contribution >= 4 is 45.4 Å². The Labute approximate surface area is 220 Å². The highest BCUT2D eigenvalue weighted by molar-refractivity contribution is 7.92. The van der Waals surface area contributed by atoms with Crippen LogP contribution in [0.2, 0.25) is 5.02 Å². The van der Waals surface area contributed by atoms with Crippen LogP contribution < -0.4 is 14.5 Å². The van der Waals surface area contributed by atoms with Gasteiger partial charge in [0.25, 0.3) is 15.9 Å². The molecule has 0 radical (unpaired) electrons. The van der Waals surface area contributed by atoms with E-state index in [9.17, 15) is 18.0 Å². The Kier molecular flexibility index (Phi) is 9.26. The van der Waals surface area contributed by atoms with Gasteiger partial charge >= 0.3 is 5.97 Å². The molecule has 0 spiro atoms. The number of hydrogen-bond donors (Lipinski definition) is 1. The molecule has 11 heteroatoms. The third-order valence-electron chi connectivity index (χ3n) is 5.25. The van der Waals surface area contributed by atoms with Gasteiger partial charge in [-0.3, -0.25) is 9.10 Å². The average molecular weight is 544 g/mol. The average Bonchev–Trinajstić information content (AvgIpc) is 2.88. The largest absolute Gasteiger partial charge is 0.482 e. The maximum atomic E-state index is 13.5. The molecule has 1 N–H and O–H groups in total. The van der Waals surface area contributed by atoms with Gasteiger partial charge in [-0.25, -0.2) is 18.6 Å². The zero-order valence-electron chi connectivity index (χ0n) is 20.5. The highest BCUT2D eigenvalue weighted by Gasteiger charge is 2.28. The number of amides is 1. The van der Waals surface area contributed by atoms with Crippen LogP contribution >= 0.6 is 11.6 Å². The normalized spacial score (nSPS) is 11.2. The first-order valence-corrected chi connectivity index (χ1v) is 12.9. The molecule has 0 aromatic heterocycles. The topological polar surface area (TPSA) is 114 Å². The zero-order valence-corrected chi connectivity index (χ0v) is 22.0. The Balaban J connectivity index is 1.79. The molecule has 0 aliphatic carbocycles. The van der Waals surface area contributed by atoms with Gasteiger partial charge in [0.2, 0.25) is 0 Å². The molecule has 37 heavy (non-hydrogen) atoms. The highest BCUT2D eigenvalue weighted by atomic mass is 35.5. The van der Waals surface area contributed by atoms with Crippen LogP contribution in [0, 0.1) is 13.8 Å². The second kappa shape index (κ2) is 12.4. The summed E-state index contributed by atoms with van der Waals surface area (Å²) in [6, 6.07) is 17.9. The Morgan fingerprint density at radius 2 is 1.76 bits per heavy atom. The molecule has 0 saturated carbocycles. The van der Waals surface area contributed by atoms with E-state index in [-0.39, 0.29) is 17.2 Å². The number of sulfonamides is 1. The number of benzene rings is 3. The standard InChI is InChI=1S/C26H26ClN3O6S/c1-18-10-12-22(13-11-18)37(33,34)30(24-9-5-8-23(27)19(24)2)16-25(31)29-28-15-20-6-4-7-21(14-20)36-17-26(32)35-3/h4-15H,16-17H2,1-3H3,(H,29,31)/b28-15-. The van der Waals surface area contributed by atoms with Gasteiger partial charge in [0.05, 0.1) is 23.9 Å². The molecule has 9 nitrogen and oxygen atoms in total. The number of ether oxygens (including phenoxy) is 2. The molecule has 0 fully saturated rings. The van der Waals surface area contributed by atoms with Crippen LogP contribution in [0.1, 0.15) is 16.7 Å². The van der Waals surface area contributed by atoms with Gasteiger partial charge in [-0.1, -0.05) is 47.5 Å². The molecule has 3 rings (SSSR count). The second-order valence-corrected chi connectivity index (χ2v) is 10.2. The molecule has 0 bridgehead atoms. The van der Waals surface area contributed by atoms with E-state index in [0.29, 0.717) is 21.9 Å². The molecule has 3 aromatic carbocycles. The van der Waals surface area contributed by atoms with E-state index < -0.39 is 28.4 Å². The number of hydrazone groups is 1. The summed E-state index contributed by atoms with van der Waals surface area (Å²) >= 11 is 6.24. The first-order valence-electron chi connectivity index (χ1n) is 11.1. The number of anilines is 1. The van der Waals surface area contributed by atoms with Crippen LogP contribution in [0.25, 0.3) is 0 Å². The van der Waals surface area contributed by atoms with Crippen molar-refractivity contribution in [3.63, 3.8) is 0 Å². The van der Waals surface area contributed by atoms with Crippen LogP contribution in [-0.2, 0) is 24.3 Å². The Morgan fingerprint density at radius 3 is 2.46 bits per heavy atom. The van der Waals surface area contributed by atoms with Gasteiger partial charge in [0.15, 0.2) is 6.61 Å². The van der Waals surface area contributed by atoms with E-state index >= 15 is 0 Å². The van der Waals surface area contributed by atoms with Crippen LogP contribution in [-0.4, -0.2) is 46.8 Å². The monoisotopic (exact) mass is 543 g/mol. The van der Waals surface area contributed by atoms with E-state index in [0.717, 1.165) is 9.87 Å². The Bertz CT molecular complexity index is 1410. The van der Waals surface area contributed by atoms with E-state index in [1.54, 1.807) is 61.5 Å². The van der Waals surface area contributed by atoms with E-state index in [2.05, 4.69) is 15.3 Å². The van der Waals surface area contributed by atoms with Gasteiger partial charge in [0, 0.05) is 5.02 Å². The lowest BCUT2D eigenvalue weighted by molar-refractivity contribution is -0.142. The van der Waals surface area contributed by atoms with E-state index in [4.69, 9.17) is 16.3 Å². The molecule has 0 aliphatic rings. The van der Waals surface area contributed by atoms with Crippen LogP contribution in [0.15, 0.2) is 76.7 Å². The lowest BCUT2D eigenvalue weighted by atomic mass is 10.2. The van der Waals surface area contributed by atoms with E-state index in [1.807, 2.05) is 6.92 Å². The summed E-state index contributed by atoms with van der Waals surface area (Å²) in [5.74, 6) is -0.775. The second-order valence-electron chi connectivity index (χ2n) is 7.94. The van der Waals surface area contributed by atoms with Gasteiger partial charge < -0.3 is 9.47 Å². The van der Waals surface area contributed by atoms with Gasteiger partial charge in [-0.15, -0.1) is 0 Å². The van der Waals surface area contributed by atoms with Crippen molar-refractivity contribution in [2.45, 2.75) is 18.7 Å². The number of nitrogens with zero attached hydrogens (tertiary/aromatic N) is 2. The summed E-state index contributed by atoms with van der Waals surface area (Å²) in [6.07, 6.45) is 1.37. The summed E-state index contributed by atoms with van der Waals surface area (Å²) in [6.45, 7) is 2.75. The molecule has 0 unspecified atom stereocenters. The minimum absolute atomic E-state index is 0.0394. The van der Waals surface area contributed by atoms with Crippen molar-refractivity contribution < 1.29 is 27.5 Å². The zero-order chi connectivity index (χ0) is 27.0. The summed E-state index contributed by atoms with van der Waals surface area (Å²) in [5, 5.41) is 4.30. The molecule has 0 atom stereocenters. The smallest absolute Gasteiger partial charge is 0.343 e. The molecule has 1 amide bonds. The lowest BCUT2D eigenvalue weighted by Crippen LogP contribution is -2.40. The van der Waals surface area contributed by atoms with Crippen molar-refractivity contribution in [3.05, 3.63) is 88.4 Å². The molecule has 0 heterocycles. The van der Waals surface area contributed by atoms with Crippen LogP contribution in [0.5, 0.6) is 5.75 Å². The molecule has 3 aromatic rings. The number of esters is 1. The number of nitrogens with one attached hydrogen (secondary N) is 1. The quantitative estimate of drug-likeness (QED) is 0.236. The fourth-order valence-electron chi connectivity index (χ4n) is 3.23. The van der Waals surface area contributed by atoms with Crippen LogP contribution in [0.3, 0.4) is 0 Å². The maximum Gasteiger partial charge on any atom is 0.343 e. The summed E-state index contributed by atoms with van der Waals surface area (Å²) in [4.78, 5) is 24.1. The predicted octanol–water partition coefficient (Wildman–Crippen LogP) is 3.85. The van der Waals surface area contributed by atoms with Gasteiger partial charge in [0.1, 0.15) is 12.3 Å². The van der Waals surface area contributed by atoms with Crippen LogP contribution in [0.4, 0.5) is 5.69 Å². The molecule has 0 aliphatic heterocycles. The number of methoxy groups -OCH3 is 1. The number of halogens is 1. The van der Waals surface area contributed by atoms with Crippen molar-refractivity contribution in [2.75, 3.05) is 24.6 Å². The van der Waals surface area contributed by atoms with E-state index in [1.165, 1.54) is 25.5 Å². The fraction of sp³-hybridized carbons (Fsp3) is 0.192. The summed E-state index contributed by atoms with van der Waals surface area (Å²) in [5.41, 5.74) is 4.63. The molecule has 194 valence electrons. The number of aryl methyl sites for hydroxylation is 1. The maximum absolute atomic E-state index is 13.5. The first kappa shape index (κ1) is 27.7. The number of carbonyl (C=O) groups is 2.